The summed E-state index contributed by atoms with van der Waals surface area (Å²) in [6.45, 7) is 2.11. The molecule has 0 bridgehead atoms. The van der Waals surface area contributed by atoms with Crippen LogP contribution in [-0.2, 0) is 4.79 Å². The molecule has 1 aromatic heterocycles. The van der Waals surface area contributed by atoms with Gasteiger partial charge in [-0.25, -0.2) is 9.59 Å². The van der Waals surface area contributed by atoms with Gasteiger partial charge in [-0.15, -0.1) is 23.2 Å². The van der Waals surface area contributed by atoms with Crippen molar-refractivity contribution >= 4 is 23.3 Å². The number of thiophene rings is 1. The number of urea groups is 1. The van der Waals surface area contributed by atoms with Crippen LogP contribution in [0.15, 0.2) is 17.5 Å². The van der Waals surface area contributed by atoms with Gasteiger partial charge in [-0.05, 0) is 18.4 Å². The van der Waals surface area contributed by atoms with Crippen molar-refractivity contribution in [2.24, 2.45) is 0 Å². The molecule has 1 atom stereocenters. The van der Waals surface area contributed by atoms with Crippen molar-refractivity contribution in [2.75, 3.05) is 6.54 Å². The zero-order valence-electron chi connectivity index (χ0n) is 9.90. The number of carboxylic acids is 1. The summed E-state index contributed by atoms with van der Waals surface area (Å²) in [5.41, 5.74) is 0. The van der Waals surface area contributed by atoms with Crippen LogP contribution in [0.3, 0.4) is 0 Å². The lowest BCUT2D eigenvalue weighted by molar-refractivity contribution is -0.139. The van der Waals surface area contributed by atoms with Gasteiger partial charge in [-0.1, -0.05) is 6.07 Å². The number of hydrogen-bond acceptors (Lipinski definition) is 3. The third-order valence-electron chi connectivity index (χ3n) is 2.06. The smallest absolute Gasteiger partial charge is 0.331 e. The van der Waals surface area contributed by atoms with E-state index in [4.69, 9.17) is 5.11 Å². The van der Waals surface area contributed by atoms with E-state index in [0.717, 1.165) is 0 Å². The molecule has 0 aliphatic rings. The predicted molar refractivity (Wildman–Crippen MR) is 69.3 cm³/mol. The van der Waals surface area contributed by atoms with Crippen LogP contribution in [0, 0.1) is 11.8 Å². The molecule has 0 aliphatic heterocycles. The van der Waals surface area contributed by atoms with Gasteiger partial charge in [-0.2, -0.15) is 0 Å². The molecule has 6 heteroatoms. The fraction of sp³-hybridized carbons (Fsp3) is 0.333. The number of aliphatic carboxylic acids is 1. The van der Waals surface area contributed by atoms with E-state index >= 15 is 0 Å². The van der Waals surface area contributed by atoms with E-state index in [9.17, 15) is 9.59 Å². The highest BCUT2D eigenvalue weighted by molar-refractivity contribution is 7.10. The van der Waals surface area contributed by atoms with Crippen LogP contribution in [0.2, 0.25) is 0 Å². The van der Waals surface area contributed by atoms with Gasteiger partial charge in [0.05, 0.1) is 0 Å². The highest BCUT2D eigenvalue weighted by Crippen LogP contribution is 2.18. The van der Waals surface area contributed by atoms with Gasteiger partial charge in [0, 0.05) is 17.8 Å². The molecule has 0 spiro atoms. The second kappa shape index (κ2) is 7.35. The van der Waals surface area contributed by atoms with Crippen molar-refractivity contribution in [2.45, 2.75) is 19.4 Å². The quantitative estimate of drug-likeness (QED) is 0.559. The lowest BCUT2D eigenvalue weighted by atomic mass is 10.2. The summed E-state index contributed by atoms with van der Waals surface area (Å²) < 4.78 is 0. The summed E-state index contributed by atoms with van der Waals surface area (Å²) in [7, 11) is 0. The molecule has 18 heavy (non-hydrogen) atoms. The molecule has 0 aromatic carbocycles. The van der Waals surface area contributed by atoms with E-state index in [1.165, 1.54) is 11.3 Å². The maximum Gasteiger partial charge on any atom is 0.331 e. The summed E-state index contributed by atoms with van der Waals surface area (Å²) in [4.78, 5) is 23.1. The Labute approximate surface area is 109 Å². The third kappa shape index (κ3) is 4.47. The molecule has 0 aliphatic carbocycles. The molecule has 5 nitrogen and oxygen atoms in total. The lowest BCUT2D eigenvalue weighted by Gasteiger charge is -2.13. The van der Waals surface area contributed by atoms with Crippen LogP contribution in [0.4, 0.5) is 4.79 Å². The fourth-order valence-corrected chi connectivity index (χ4v) is 2.02. The first kappa shape index (κ1) is 14.1. The molecular formula is C12H14N2O3S. The highest BCUT2D eigenvalue weighted by atomic mass is 32.1. The Bertz CT molecular complexity index is 459. The average molecular weight is 266 g/mol. The first-order valence-corrected chi connectivity index (χ1v) is 6.23. The summed E-state index contributed by atoms with van der Waals surface area (Å²) in [6.07, 6.45) is 0.542. The normalized spacial score (nSPS) is 10.9. The van der Waals surface area contributed by atoms with Crippen molar-refractivity contribution < 1.29 is 14.7 Å². The van der Waals surface area contributed by atoms with E-state index in [-0.39, 0.29) is 0 Å². The maximum atomic E-state index is 11.5. The highest BCUT2D eigenvalue weighted by Gasteiger charge is 2.22. The molecular weight excluding hydrogens is 252 g/mol. The molecule has 1 unspecified atom stereocenters. The predicted octanol–water partition coefficient (Wildman–Crippen LogP) is 1.59. The first-order chi connectivity index (χ1) is 8.65. The van der Waals surface area contributed by atoms with Crippen LogP contribution in [0.5, 0.6) is 0 Å². The van der Waals surface area contributed by atoms with Gasteiger partial charge in [-0.3, -0.25) is 0 Å². The van der Waals surface area contributed by atoms with E-state index in [1.54, 1.807) is 24.4 Å². The number of hydrogen-bond donors (Lipinski definition) is 3. The van der Waals surface area contributed by atoms with Crippen molar-refractivity contribution in [1.82, 2.24) is 10.6 Å². The van der Waals surface area contributed by atoms with E-state index in [1.807, 2.05) is 0 Å². The lowest BCUT2D eigenvalue weighted by Crippen LogP contribution is -2.40. The minimum Gasteiger partial charge on any atom is -0.479 e. The summed E-state index contributed by atoms with van der Waals surface area (Å²) in [5.74, 6) is 4.43. The Morgan fingerprint density at radius 3 is 2.89 bits per heavy atom. The number of rotatable bonds is 5. The second-order valence-electron chi connectivity index (χ2n) is 3.36. The van der Waals surface area contributed by atoms with Gasteiger partial charge in [0.1, 0.15) is 0 Å². The third-order valence-corrected chi connectivity index (χ3v) is 3.00. The van der Waals surface area contributed by atoms with Gasteiger partial charge in [0.2, 0.25) is 0 Å². The molecule has 96 valence electrons. The molecule has 1 aromatic rings. The Morgan fingerprint density at radius 2 is 2.33 bits per heavy atom. The Hall–Kier alpha value is -2.00. The molecule has 1 heterocycles. The number of carbonyl (C=O) groups is 2. The molecule has 0 saturated carbocycles. The van der Waals surface area contributed by atoms with E-state index in [2.05, 4.69) is 22.5 Å². The Kier molecular flexibility index (Phi) is 5.74. The van der Waals surface area contributed by atoms with Crippen LogP contribution >= 0.6 is 11.3 Å². The second-order valence-corrected chi connectivity index (χ2v) is 4.34. The van der Waals surface area contributed by atoms with Gasteiger partial charge < -0.3 is 15.7 Å². The number of amides is 2. The minimum atomic E-state index is -1.08. The fourth-order valence-electron chi connectivity index (χ4n) is 1.26. The monoisotopic (exact) mass is 266 g/mol. The van der Waals surface area contributed by atoms with E-state index < -0.39 is 18.0 Å². The zero-order chi connectivity index (χ0) is 13.4. The number of carboxylic acid groups (broad SMARTS) is 1. The first-order valence-electron chi connectivity index (χ1n) is 5.35. The van der Waals surface area contributed by atoms with Crippen molar-refractivity contribution in [1.29, 1.82) is 0 Å². The zero-order valence-corrected chi connectivity index (χ0v) is 10.7. The number of carbonyl (C=O) groups excluding carboxylic acids is 1. The molecule has 0 saturated heterocycles. The van der Waals surface area contributed by atoms with Gasteiger partial charge >= 0.3 is 12.0 Å². The summed E-state index contributed by atoms with van der Waals surface area (Å²) >= 11 is 1.29. The van der Waals surface area contributed by atoms with Gasteiger partial charge in [0.25, 0.3) is 0 Å². The van der Waals surface area contributed by atoms with Crippen molar-refractivity contribution in [3.05, 3.63) is 22.4 Å². The standard InChI is InChI=1S/C12H14N2O3S/c1-2-3-4-7-13-12(17)14-10(11(15)16)9-6-5-8-18-9/h5-6,8,10H,4,7H2,1H3,(H,15,16)(H2,13,14,17). The molecule has 0 fully saturated rings. The SMILES string of the molecule is CC#CCCNC(=O)NC(C(=O)O)c1cccs1. The largest absolute Gasteiger partial charge is 0.479 e. The number of nitrogens with one attached hydrogen (secondary N) is 2. The van der Waals surface area contributed by atoms with Crippen molar-refractivity contribution in [3.8, 4) is 11.8 Å². The molecule has 2 amide bonds. The molecule has 3 N–H and O–H groups in total. The molecule has 1 rings (SSSR count). The average Bonchev–Trinajstić information content (AvgIpc) is 2.85. The van der Waals surface area contributed by atoms with Crippen LogP contribution in [-0.4, -0.2) is 23.7 Å². The Balaban J connectivity index is 2.48. The van der Waals surface area contributed by atoms with Crippen molar-refractivity contribution in [3.63, 3.8) is 0 Å². The van der Waals surface area contributed by atoms with Crippen LogP contribution in [0.25, 0.3) is 0 Å². The summed E-state index contributed by atoms with van der Waals surface area (Å²) in [5, 5.41) is 15.8. The maximum absolute atomic E-state index is 11.5. The van der Waals surface area contributed by atoms with Crippen LogP contribution in [0.1, 0.15) is 24.3 Å². The summed E-state index contributed by atoms with van der Waals surface area (Å²) in [6, 6.07) is 1.90. The Morgan fingerprint density at radius 1 is 1.56 bits per heavy atom. The van der Waals surface area contributed by atoms with Gasteiger partial charge in [0.15, 0.2) is 6.04 Å². The topological polar surface area (TPSA) is 78.4 Å². The van der Waals surface area contributed by atoms with E-state index in [0.29, 0.717) is 17.8 Å². The minimum absolute atomic E-state index is 0.392. The van der Waals surface area contributed by atoms with Crippen LogP contribution < -0.4 is 10.6 Å². The molecule has 0 radical (unpaired) electrons.